The molecule has 1 aliphatic rings. The topological polar surface area (TPSA) is 63.1 Å². The zero-order valence-electron chi connectivity index (χ0n) is 22.7. The monoisotopic (exact) mass is 547 g/mol. The minimum atomic E-state index is -4.46. The molecule has 5 rings (SSSR count). The second-order valence-corrected chi connectivity index (χ2v) is 11.5. The van der Waals surface area contributed by atoms with Crippen molar-refractivity contribution in [1.82, 2.24) is 4.57 Å². The summed E-state index contributed by atoms with van der Waals surface area (Å²) >= 11 is 0. The molecule has 2 N–H and O–H groups in total. The highest BCUT2D eigenvalue weighted by Crippen LogP contribution is 2.32. The SMILES string of the molecule is CC(C)(C)c1ccc(Cn2c(C(=O)Nc3ccc(C(F)(F)F)cc3)cc3cc(NC(=O)C4CCC4)ccc32)cc1. The standard InChI is InChI=1S/C32H32F3N3O2/c1-31(2,3)23-9-7-20(8-10-23)19-38-27-16-15-26(37-29(39)21-5-4-6-21)17-22(27)18-28(38)30(40)36-25-13-11-24(12-14-25)32(33,34)35/h7-18,21H,4-6,19H2,1-3H3,(H,36,40)(H,37,39). The van der Waals surface area contributed by atoms with Crippen molar-refractivity contribution in [3.63, 3.8) is 0 Å². The molecule has 3 aromatic carbocycles. The fourth-order valence-corrected chi connectivity index (χ4v) is 4.85. The summed E-state index contributed by atoms with van der Waals surface area (Å²) in [5, 5.41) is 6.49. The van der Waals surface area contributed by atoms with Crippen molar-refractivity contribution in [1.29, 1.82) is 0 Å². The molecular formula is C32H32F3N3O2. The third-order valence-corrected chi connectivity index (χ3v) is 7.51. The molecule has 0 bridgehead atoms. The van der Waals surface area contributed by atoms with Gasteiger partial charge in [-0.2, -0.15) is 13.2 Å². The number of aromatic nitrogens is 1. The van der Waals surface area contributed by atoms with Gasteiger partial charge in [-0.1, -0.05) is 51.5 Å². The number of amides is 2. The molecule has 208 valence electrons. The zero-order chi connectivity index (χ0) is 28.7. The number of benzene rings is 3. The van der Waals surface area contributed by atoms with E-state index in [1.165, 1.54) is 17.7 Å². The van der Waals surface area contributed by atoms with Crippen LogP contribution in [0.4, 0.5) is 24.5 Å². The van der Waals surface area contributed by atoms with Crippen LogP contribution in [0.2, 0.25) is 0 Å². The Bertz CT molecular complexity index is 1540. The van der Waals surface area contributed by atoms with Crippen molar-refractivity contribution >= 4 is 34.1 Å². The summed E-state index contributed by atoms with van der Waals surface area (Å²) in [6, 6.07) is 19.9. The number of nitrogens with one attached hydrogen (secondary N) is 2. The summed E-state index contributed by atoms with van der Waals surface area (Å²) in [4.78, 5) is 25.9. The van der Waals surface area contributed by atoms with Crippen molar-refractivity contribution < 1.29 is 22.8 Å². The molecule has 4 aromatic rings. The lowest BCUT2D eigenvalue weighted by Crippen LogP contribution is -2.27. The number of alkyl halides is 3. The van der Waals surface area contributed by atoms with Crippen LogP contribution in [0.1, 0.15) is 67.2 Å². The maximum absolute atomic E-state index is 13.4. The molecule has 0 radical (unpaired) electrons. The maximum atomic E-state index is 13.4. The van der Waals surface area contributed by atoms with Crippen LogP contribution in [0, 0.1) is 5.92 Å². The normalized spacial score (nSPS) is 14.2. The fourth-order valence-electron chi connectivity index (χ4n) is 4.85. The van der Waals surface area contributed by atoms with E-state index in [0.29, 0.717) is 17.9 Å². The molecule has 8 heteroatoms. The molecule has 1 aliphatic carbocycles. The molecule has 1 fully saturated rings. The number of anilines is 2. The lowest BCUT2D eigenvalue weighted by atomic mass is 9.85. The van der Waals surface area contributed by atoms with Gasteiger partial charge in [-0.15, -0.1) is 0 Å². The molecule has 0 atom stereocenters. The molecule has 2 amide bonds. The first-order valence-corrected chi connectivity index (χ1v) is 13.4. The third kappa shape index (κ3) is 5.91. The number of hydrogen-bond acceptors (Lipinski definition) is 2. The third-order valence-electron chi connectivity index (χ3n) is 7.51. The quantitative estimate of drug-likeness (QED) is 0.257. The lowest BCUT2D eigenvalue weighted by molar-refractivity contribution is -0.137. The lowest BCUT2D eigenvalue weighted by Gasteiger charge is -2.24. The Morgan fingerprint density at radius 3 is 2.02 bits per heavy atom. The Balaban J connectivity index is 1.47. The van der Waals surface area contributed by atoms with Crippen molar-refractivity contribution in [3.05, 3.63) is 95.2 Å². The molecule has 0 aliphatic heterocycles. The number of fused-ring (bicyclic) bond motifs is 1. The largest absolute Gasteiger partial charge is 0.416 e. The molecule has 0 saturated heterocycles. The summed E-state index contributed by atoms with van der Waals surface area (Å²) in [5.74, 6) is -0.395. The molecule has 1 heterocycles. The Kier molecular flexibility index (Phi) is 7.21. The number of carbonyl (C=O) groups is 2. The molecule has 0 unspecified atom stereocenters. The Morgan fingerprint density at radius 2 is 1.45 bits per heavy atom. The minimum Gasteiger partial charge on any atom is -0.332 e. The summed E-state index contributed by atoms with van der Waals surface area (Å²) in [5.41, 5.74) is 3.50. The molecular weight excluding hydrogens is 515 g/mol. The molecule has 1 aromatic heterocycles. The van der Waals surface area contributed by atoms with E-state index >= 15 is 0 Å². The summed E-state index contributed by atoms with van der Waals surface area (Å²) < 4.78 is 40.8. The van der Waals surface area contributed by atoms with Crippen LogP contribution in [0.5, 0.6) is 0 Å². The fraction of sp³-hybridized carbons (Fsp3) is 0.312. The van der Waals surface area contributed by atoms with Crippen LogP contribution in [0.15, 0.2) is 72.8 Å². The van der Waals surface area contributed by atoms with Gasteiger partial charge in [-0.05, 0) is 77.9 Å². The van der Waals surface area contributed by atoms with Crippen molar-refractivity contribution in [2.75, 3.05) is 10.6 Å². The first-order valence-electron chi connectivity index (χ1n) is 13.4. The van der Waals surface area contributed by atoms with Crippen LogP contribution >= 0.6 is 0 Å². The van der Waals surface area contributed by atoms with Crippen molar-refractivity contribution in [2.24, 2.45) is 5.92 Å². The van der Waals surface area contributed by atoms with Gasteiger partial charge in [0.15, 0.2) is 0 Å². The average Bonchev–Trinajstić information content (AvgIpc) is 3.20. The molecule has 5 nitrogen and oxygen atoms in total. The number of hydrogen-bond donors (Lipinski definition) is 2. The van der Waals surface area contributed by atoms with Crippen LogP contribution in [0.3, 0.4) is 0 Å². The molecule has 0 spiro atoms. The number of rotatable bonds is 6. The van der Waals surface area contributed by atoms with E-state index in [4.69, 9.17) is 0 Å². The van der Waals surface area contributed by atoms with Crippen LogP contribution < -0.4 is 10.6 Å². The highest BCUT2D eigenvalue weighted by molar-refractivity contribution is 6.07. The van der Waals surface area contributed by atoms with Gasteiger partial charge in [0.1, 0.15) is 5.69 Å². The van der Waals surface area contributed by atoms with E-state index in [9.17, 15) is 22.8 Å². The highest BCUT2D eigenvalue weighted by Gasteiger charge is 2.30. The second kappa shape index (κ2) is 10.5. The van der Waals surface area contributed by atoms with Gasteiger partial charge < -0.3 is 15.2 Å². The molecule has 40 heavy (non-hydrogen) atoms. The van der Waals surface area contributed by atoms with E-state index in [0.717, 1.165) is 47.9 Å². The first-order chi connectivity index (χ1) is 18.9. The van der Waals surface area contributed by atoms with Gasteiger partial charge in [0.25, 0.3) is 5.91 Å². The zero-order valence-corrected chi connectivity index (χ0v) is 22.7. The Hall–Kier alpha value is -4.07. The number of carbonyl (C=O) groups excluding carboxylic acids is 2. The predicted molar refractivity (Wildman–Crippen MR) is 152 cm³/mol. The van der Waals surface area contributed by atoms with Crippen LogP contribution in [-0.4, -0.2) is 16.4 Å². The van der Waals surface area contributed by atoms with Gasteiger partial charge in [0.05, 0.1) is 5.56 Å². The van der Waals surface area contributed by atoms with Gasteiger partial charge in [0, 0.05) is 34.7 Å². The first kappa shape index (κ1) is 27.5. The summed E-state index contributed by atoms with van der Waals surface area (Å²) in [7, 11) is 0. The average molecular weight is 548 g/mol. The van der Waals surface area contributed by atoms with E-state index in [1.54, 1.807) is 6.07 Å². The Morgan fingerprint density at radius 1 is 0.825 bits per heavy atom. The Labute approximate surface area is 231 Å². The van der Waals surface area contributed by atoms with Gasteiger partial charge in [0.2, 0.25) is 5.91 Å². The van der Waals surface area contributed by atoms with Crippen molar-refractivity contribution in [3.8, 4) is 0 Å². The van der Waals surface area contributed by atoms with Gasteiger partial charge >= 0.3 is 6.18 Å². The van der Waals surface area contributed by atoms with E-state index in [2.05, 4.69) is 43.5 Å². The summed E-state index contributed by atoms with van der Waals surface area (Å²) in [6.45, 7) is 6.85. The highest BCUT2D eigenvalue weighted by atomic mass is 19.4. The summed E-state index contributed by atoms with van der Waals surface area (Å²) in [6.07, 6.45) is -1.60. The van der Waals surface area contributed by atoms with E-state index in [-0.39, 0.29) is 22.9 Å². The number of nitrogens with zero attached hydrogens (tertiary/aromatic N) is 1. The smallest absolute Gasteiger partial charge is 0.332 e. The predicted octanol–water partition coefficient (Wildman–Crippen LogP) is 8.00. The van der Waals surface area contributed by atoms with Crippen LogP contribution in [-0.2, 0) is 22.9 Å². The maximum Gasteiger partial charge on any atom is 0.416 e. The van der Waals surface area contributed by atoms with E-state index in [1.807, 2.05) is 34.9 Å². The minimum absolute atomic E-state index is 0.00393. The van der Waals surface area contributed by atoms with Crippen molar-refractivity contribution in [2.45, 2.75) is 58.2 Å². The molecule has 1 saturated carbocycles. The van der Waals surface area contributed by atoms with Crippen LogP contribution in [0.25, 0.3) is 10.9 Å². The van der Waals surface area contributed by atoms with Gasteiger partial charge in [-0.3, -0.25) is 9.59 Å². The number of halogens is 3. The second-order valence-electron chi connectivity index (χ2n) is 11.5. The van der Waals surface area contributed by atoms with Gasteiger partial charge in [-0.25, -0.2) is 0 Å². The van der Waals surface area contributed by atoms with E-state index < -0.39 is 17.6 Å².